The van der Waals surface area contributed by atoms with E-state index in [2.05, 4.69) is 41.4 Å². The summed E-state index contributed by atoms with van der Waals surface area (Å²) in [6.45, 7) is 6.86. The number of anilines is 1. The average Bonchev–Trinajstić information content (AvgIpc) is 3.82. The molecule has 9 nitrogen and oxygen atoms in total. The van der Waals surface area contributed by atoms with Gasteiger partial charge in [-0.2, -0.15) is 0 Å². The fourth-order valence-electron chi connectivity index (χ4n) is 6.39. The van der Waals surface area contributed by atoms with Gasteiger partial charge in [-0.15, -0.1) is 10.2 Å². The Balaban J connectivity index is 1.27. The second-order valence-electron chi connectivity index (χ2n) is 12.2. The summed E-state index contributed by atoms with van der Waals surface area (Å²) in [6, 6.07) is 24.1. The first-order valence-electron chi connectivity index (χ1n) is 16.8. The van der Waals surface area contributed by atoms with Crippen LogP contribution in [0.4, 0.5) is 5.13 Å². The molecule has 1 aromatic heterocycles. The van der Waals surface area contributed by atoms with E-state index in [1.54, 1.807) is 30.3 Å². The third-order valence-electron chi connectivity index (χ3n) is 8.79. The Morgan fingerprint density at radius 3 is 2.68 bits per heavy atom. The van der Waals surface area contributed by atoms with Crippen LogP contribution in [-0.2, 0) is 21.8 Å². The molecule has 1 fully saturated rings. The predicted octanol–water partition coefficient (Wildman–Crippen LogP) is 8.51. The molecular weight excluding hydrogens is 671 g/mol. The van der Waals surface area contributed by atoms with Crippen molar-refractivity contribution < 1.29 is 28.9 Å². The van der Waals surface area contributed by atoms with E-state index in [-0.39, 0.29) is 22.6 Å². The highest BCUT2D eigenvalue weighted by Crippen LogP contribution is 2.46. The number of hydrogen-bond acceptors (Lipinski definition) is 10. The van der Waals surface area contributed by atoms with Gasteiger partial charge in [0, 0.05) is 17.7 Å². The Morgan fingerprint density at radius 2 is 1.84 bits per heavy atom. The molecule has 3 heterocycles. The lowest BCUT2D eigenvalue weighted by Crippen LogP contribution is -2.29. The van der Waals surface area contributed by atoms with Gasteiger partial charge in [0.1, 0.15) is 17.6 Å². The Morgan fingerprint density at radius 1 is 1.00 bits per heavy atom. The number of rotatable bonds is 12. The Bertz CT molecular complexity index is 2110. The molecule has 0 unspecified atom stereocenters. The average molecular weight is 708 g/mol. The van der Waals surface area contributed by atoms with Gasteiger partial charge in [0.25, 0.3) is 5.78 Å². The molecule has 1 N–H and O–H groups in total. The van der Waals surface area contributed by atoms with Gasteiger partial charge in [0.15, 0.2) is 15.8 Å². The summed E-state index contributed by atoms with van der Waals surface area (Å²) >= 11 is 2.75. The molecule has 256 valence electrons. The first kappa shape index (κ1) is 33.6. The van der Waals surface area contributed by atoms with Crippen molar-refractivity contribution in [3.8, 4) is 17.2 Å². The molecule has 2 aliphatic heterocycles. The van der Waals surface area contributed by atoms with Gasteiger partial charge in [0.05, 0.1) is 24.8 Å². The quantitative estimate of drug-likeness (QED) is 0.0341. The van der Waals surface area contributed by atoms with Crippen LogP contribution >= 0.6 is 23.1 Å². The number of carbonyl (C=O) groups excluding carboxylic acids is 2. The molecule has 1 saturated heterocycles. The number of unbranched alkanes of at least 4 members (excludes halogenated alkanes) is 1. The van der Waals surface area contributed by atoms with Crippen LogP contribution in [0.5, 0.6) is 17.2 Å². The number of benzene rings is 4. The third kappa shape index (κ3) is 6.55. The van der Waals surface area contributed by atoms with E-state index in [4.69, 9.17) is 14.2 Å². The number of amides is 1. The number of aliphatic hydroxyl groups is 1. The van der Waals surface area contributed by atoms with Crippen LogP contribution in [0.2, 0.25) is 0 Å². The van der Waals surface area contributed by atoms with E-state index in [9.17, 15) is 14.7 Å². The van der Waals surface area contributed by atoms with Crippen LogP contribution in [0.15, 0.2) is 88.8 Å². The number of aliphatic hydroxyl groups excluding tert-OH is 1. The topological polar surface area (TPSA) is 111 Å². The van der Waals surface area contributed by atoms with Crippen LogP contribution in [0, 0.1) is 0 Å². The maximum atomic E-state index is 13.9. The van der Waals surface area contributed by atoms with Gasteiger partial charge in [-0.25, -0.2) is 0 Å². The van der Waals surface area contributed by atoms with E-state index < -0.39 is 17.7 Å². The van der Waals surface area contributed by atoms with Gasteiger partial charge in [-0.1, -0.05) is 85.0 Å². The van der Waals surface area contributed by atoms with Crippen molar-refractivity contribution in [2.24, 2.45) is 0 Å². The monoisotopic (exact) mass is 707 g/mol. The molecule has 4 aromatic carbocycles. The number of fused-ring (bicyclic) bond motifs is 2. The van der Waals surface area contributed by atoms with Gasteiger partial charge < -0.3 is 19.3 Å². The second-order valence-corrected chi connectivity index (χ2v) is 14.4. The van der Waals surface area contributed by atoms with Gasteiger partial charge in [-0.3, -0.25) is 14.5 Å². The molecule has 50 heavy (non-hydrogen) atoms. The lowest BCUT2D eigenvalue weighted by Gasteiger charge is -2.23. The van der Waals surface area contributed by atoms with Gasteiger partial charge in [-0.05, 0) is 78.1 Å². The van der Waals surface area contributed by atoms with Crippen LogP contribution in [0.1, 0.15) is 61.9 Å². The van der Waals surface area contributed by atoms with Crippen molar-refractivity contribution in [1.29, 1.82) is 0 Å². The molecule has 2 atom stereocenters. The standard InChI is InChI=1S/C39H37N3O6S2/c1-4-6-18-47-31-17-14-25(21-32(31)46-5-2)34-33(35(43)26-15-16-30-28(20-26)19-23(3)48-30)36(44)37(45)42(34)38-40-41-39(50-38)49-22-27-12-9-11-24-10-7-8-13-29(24)27/h7-17,20-21,23,34,43H,4-6,18-19,22H2,1-3H3/t23-,34+/m1/s1. The predicted molar refractivity (Wildman–Crippen MR) is 196 cm³/mol. The minimum atomic E-state index is -0.994. The van der Waals surface area contributed by atoms with Crippen molar-refractivity contribution in [2.75, 3.05) is 18.1 Å². The Kier molecular flexibility index (Phi) is 9.78. The third-order valence-corrected chi connectivity index (χ3v) is 10.9. The van der Waals surface area contributed by atoms with Crippen molar-refractivity contribution in [3.63, 3.8) is 0 Å². The molecule has 0 spiro atoms. The summed E-state index contributed by atoms with van der Waals surface area (Å²) in [6.07, 6.45) is 2.55. The minimum Gasteiger partial charge on any atom is -0.507 e. The summed E-state index contributed by atoms with van der Waals surface area (Å²) in [7, 11) is 0. The zero-order valence-corrected chi connectivity index (χ0v) is 29.7. The van der Waals surface area contributed by atoms with E-state index >= 15 is 0 Å². The van der Waals surface area contributed by atoms with E-state index in [0.29, 0.717) is 52.4 Å². The van der Waals surface area contributed by atoms with Crippen molar-refractivity contribution in [1.82, 2.24) is 10.2 Å². The van der Waals surface area contributed by atoms with Gasteiger partial charge >= 0.3 is 5.91 Å². The molecule has 0 saturated carbocycles. The second kappa shape index (κ2) is 14.5. The number of carbonyl (C=O) groups is 2. The normalized spacial score (nSPS) is 18.0. The highest BCUT2D eigenvalue weighted by Gasteiger charge is 2.48. The SMILES string of the molecule is CCCCOc1ccc([C@H]2C(=C(O)c3ccc4c(c3)C[C@@H](C)O4)C(=O)C(=O)N2c2nnc(SCc3cccc4ccccc34)s2)cc1OCC. The van der Waals surface area contributed by atoms with E-state index in [1.807, 2.05) is 38.1 Å². The summed E-state index contributed by atoms with van der Waals surface area (Å²) in [4.78, 5) is 29.2. The molecule has 0 bridgehead atoms. The van der Waals surface area contributed by atoms with Crippen molar-refractivity contribution in [2.45, 2.75) is 62.3 Å². The number of ketones is 1. The van der Waals surface area contributed by atoms with Crippen molar-refractivity contribution in [3.05, 3.63) is 107 Å². The Hall–Kier alpha value is -4.87. The smallest absolute Gasteiger partial charge is 0.301 e. The lowest BCUT2D eigenvalue weighted by atomic mass is 9.94. The molecular formula is C39H37N3O6S2. The number of thioether (sulfide) groups is 1. The van der Waals surface area contributed by atoms with Crippen LogP contribution in [0.25, 0.3) is 16.5 Å². The van der Waals surface area contributed by atoms with Crippen LogP contribution in [-0.4, -0.2) is 46.3 Å². The van der Waals surface area contributed by atoms with Crippen LogP contribution < -0.4 is 19.1 Å². The summed E-state index contributed by atoms with van der Waals surface area (Å²) in [5.74, 6) is 0.575. The van der Waals surface area contributed by atoms with Gasteiger partial charge in [0.2, 0.25) is 5.13 Å². The number of Topliss-reactive ketones (excluding diaryl/α,β-unsaturated/α-hetero) is 1. The first-order chi connectivity index (χ1) is 24.4. The fraction of sp³-hybridized carbons (Fsp3) is 0.282. The fourth-order valence-corrected chi connectivity index (χ4v) is 8.27. The number of hydrogen-bond donors (Lipinski definition) is 1. The lowest BCUT2D eigenvalue weighted by molar-refractivity contribution is -0.132. The zero-order chi connectivity index (χ0) is 34.8. The van der Waals surface area contributed by atoms with Crippen LogP contribution in [0.3, 0.4) is 0 Å². The largest absolute Gasteiger partial charge is 0.507 e. The summed E-state index contributed by atoms with van der Waals surface area (Å²) < 4.78 is 18.5. The highest BCUT2D eigenvalue weighted by atomic mass is 32.2. The highest BCUT2D eigenvalue weighted by molar-refractivity contribution is 8.00. The Labute approximate surface area is 298 Å². The zero-order valence-electron chi connectivity index (χ0n) is 28.0. The number of aromatic nitrogens is 2. The van der Waals surface area contributed by atoms with E-state index in [1.165, 1.54) is 28.0 Å². The molecule has 11 heteroatoms. The maximum absolute atomic E-state index is 13.9. The molecule has 7 rings (SSSR count). The summed E-state index contributed by atoms with van der Waals surface area (Å²) in [5, 5.41) is 23.2. The molecule has 0 aliphatic carbocycles. The molecule has 5 aromatic rings. The van der Waals surface area contributed by atoms with Crippen molar-refractivity contribution >= 4 is 56.5 Å². The maximum Gasteiger partial charge on any atom is 0.301 e. The minimum absolute atomic E-state index is 0.00750. The number of ether oxygens (including phenoxy) is 3. The molecule has 1 amide bonds. The molecule has 0 radical (unpaired) electrons. The van der Waals surface area contributed by atoms with E-state index in [0.717, 1.165) is 40.5 Å². The first-order valence-corrected chi connectivity index (χ1v) is 18.6. The summed E-state index contributed by atoms with van der Waals surface area (Å²) in [5.41, 5.74) is 3.04. The number of nitrogens with zero attached hydrogens (tertiary/aromatic N) is 3. The molecule has 2 aliphatic rings.